The van der Waals surface area contributed by atoms with Gasteiger partial charge < -0.3 is 9.84 Å². The van der Waals surface area contributed by atoms with Crippen LogP contribution in [0, 0.1) is 0 Å². The van der Waals surface area contributed by atoms with Gasteiger partial charge in [-0.3, -0.25) is 0 Å². The molecule has 0 saturated heterocycles. The fraction of sp³-hybridized carbons (Fsp3) is 0.133. The van der Waals surface area contributed by atoms with E-state index < -0.39 is 6.16 Å². The first-order chi connectivity index (χ1) is 8.72. The fourth-order valence-electron chi connectivity index (χ4n) is 2.01. The molecular formula is C15H14O3. The smallest absolute Gasteiger partial charge is 0.449 e. The Morgan fingerprint density at radius 3 is 2.44 bits per heavy atom. The lowest BCUT2D eigenvalue weighted by Crippen LogP contribution is -2.05. The van der Waals surface area contributed by atoms with E-state index in [9.17, 15) is 4.79 Å². The zero-order valence-electron chi connectivity index (χ0n) is 10.1. The molecule has 3 nitrogen and oxygen atoms in total. The third-order valence-electron chi connectivity index (χ3n) is 2.77. The fourth-order valence-corrected chi connectivity index (χ4v) is 2.01. The first-order valence-corrected chi connectivity index (χ1v) is 5.80. The standard InChI is InChI=1S/C15H14O3/c1-2-12-13(11-7-4-3-5-8-11)9-6-10-14(12)18-15(16)17/h3-10H,2H2,1H3,(H,16,17). The number of rotatable bonds is 3. The van der Waals surface area contributed by atoms with Crippen LogP contribution in [0.2, 0.25) is 0 Å². The summed E-state index contributed by atoms with van der Waals surface area (Å²) in [5, 5.41) is 8.73. The van der Waals surface area contributed by atoms with Gasteiger partial charge in [0.2, 0.25) is 0 Å². The number of carbonyl (C=O) groups is 1. The van der Waals surface area contributed by atoms with E-state index >= 15 is 0 Å². The highest BCUT2D eigenvalue weighted by molar-refractivity contribution is 5.72. The van der Waals surface area contributed by atoms with E-state index in [4.69, 9.17) is 9.84 Å². The molecule has 0 fully saturated rings. The van der Waals surface area contributed by atoms with Crippen molar-refractivity contribution in [3.05, 3.63) is 54.1 Å². The zero-order valence-corrected chi connectivity index (χ0v) is 10.1. The Balaban J connectivity index is 2.51. The van der Waals surface area contributed by atoms with Gasteiger partial charge in [0, 0.05) is 5.56 Å². The van der Waals surface area contributed by atoms with E-state index in [2.05, 4.69) is 0 Å². The second kappa shape index (κ2) is 5.36. The molecule has 0 amide bonds. The lowest BCUT2D eigenvalue weighted by atomic mass is 9.97. The minimum Gasteiger partial charge on any atom is -0.449 e. The summed E-state index contributed by atoms with van der Waals surface area (Å²) in [6, 6.07) is 15.3. The van der Waals surface area contributed by atoms with Crippen LogP contribution in [0.5, 0.6) is 5.75 Å². The summed E-state index contributed by atoms with van der Waals surface area (Å²) in [4.78, 5) is 10.7. The number of carboxylic acid groups (broad SMARTS) is 1. The van der Waals surface area contributed by atoms with Gasteiger partial charge in [-0.05, 0) is 23.6 Å². The van der Waals surface area contributed by atoms with Crippen molar-refractivity contribution < 1.29 is 14.6 Å². The predicted molar refractivity (Wildman–Crippen MR) is 69.9 cm³/mol. The quantitative estimate of drug-likeness (QED) is 0.654. The van der Waals surface area contributed by atoms with Crippen LogP contribution >= 0.6 is 0 Å². The molecule has 2 aromatic carbocycles. The maximum atomic E-state index is 10.7. The van der Waals surface area contributed by atoms with E-state index in [1.807, 2.05) is 43.3 Å². The third-order valence-corrected chi connectivity index (χ3v) is 2.77. The summed E-state index contributed by atoms with van der Waals surface area (Å²) in [6.07, 6.45) is -0.567. The molecule has 2 rings (SSSR count). The molecule has 0 spiro atoms. The van der Waals surface area contributed by atoms with Crippen molar-refractivity contribution >= 4 is 6.16 Å². The lowest BCUT2D eigenvalue weighted by molar-refractivity contribution is 0.144. The van der Waals surface area contributed by atoms with Crippen molar-refractivity contribution in [2.45, 2.75) is 13.3 Å². The summed E-state index contributed by atoms with van der Waals surface area (Å²) in [6.45, 7) is 1.98. The molecule has 1 N–H and O–H groups in total. The topological polar surface area (TPSA) is 46.5 Å². The average molecular weight is 242 g/mol. The highest BCUT2D eigenvalue weighted by atomic mass is 16.7. The predicted octanol–water partition coefficient (Wildman–Crippen LogP) is 3.97. The monoisotopic (exact) mass is 242 g/mol. The van der Waals surface area contributed by atoms with Crippen LogP contribution in [-0.2, 0) is 6.42 Å². The van der Waals surface area contributed by atoms with Crippen molar-refractivity contribution in [1.29, 1.82) is 0 Å². The average Bonchev–Trinajstić information content (AvgIpc) is 2.39. The summed E-state index contributed by atoms with van der Waals surface area (Å²) in [5.41, 5.74) is 2.98. The Morgan fingerprint density at radius 2 is 1.83 bits per heavy atom. The van der Waals surface area contributed by atoms with Crippen molar-refractivity contribution in [2.75, 3.05) is 0 Å². The van der Waals surface area contributed by atoms with Crippen LogP contribution < -0.4 is 4.74 Å². The minimum absolute atomic E-state index is 0.409. The number of benzene rings is 2. The van der Waals surface area contributed by atoms with Crippen LogP contribution in [0.1, 0.15) is 12.5 Å². The number of hydrogen-bond donors (Lipinski definition) is 1. The Bertz CT molecular complexity index is 547. The number of ether oxygens (including phenoxy) is 1. The Kier molecular flexibility index (Phi) is 3.63. The molecular weight excluding hydrogens is 228 g/mol. The molecule has 18 heavy (non-hydrogen) atoms. The van der Waals surface area contributed by atoms with Gasteiger partial charge in [-0.1, -0.05) is 49.4 Å². The molecule has 0 heterocycles. The normalized spacial score (nSPS) is 10.1. The largest absolute Gasteiger partial charge is 0.511 e. The second-order valence-electron chi connectivity index (χ2n) is 3.87. The Morgan fingerprint density at radius 1 is 1.11 bits per heavy atom. The Hall–Kier alpha value is -2.29. The molecule has 0 radical (unpaired) electrons. The first kappa shape index (κ1) is 12.2. The van der Waals surface area contributed by atoms with Gasteiger partial charge in [-0.25, -0.2) is 4.79 Å². The molecule has 92 valence electrons. The van der Waals surface area contributed by atoms with Crippen molar-refractivity contribution in [3.8, 4) is 16.9 Å². The molecule has 0 unspecified atom stereocenters. The van der Waals surface area contributed by atoms with Crippen LogP contribution in [0.3, 0.4) is 0 Å². The van der Waals surface area contributed by atoms with Gasteiger partial charge in [-0.15, -0.1) is 0 Å². The highest BCUT2D eigenvalue weighted by Crippen LogP contribution is 2.31. The highest BCUT2D eigenvalue weighted by Gasteiger charge is 2.11. The van der Waals surface area contributed by atoms with Crippen LogP contribution in [0.4, 0.5) is 4.79 Å². The van der Waals surface area contributed by atoms with Gasteiger partial charge >= 0.3 is 6.16 Å². The maximum Gasteiger partial charge on any atom is 0.511 e. The summed E-state index contributed by atoms with van der Waals surface area (Å²) >= 11 is 0. The molecule has 2 aromatic rings. The van der Waals surface area contributed by atoms with Crippen LogP contribution in [0.15, 0.2) is 48.5 Å². The van der Waals surface area contributed by atoms with Gasteiger partial charge in [0.05, 0.1) is 0 Å². The molecule has 0 aromatic heterocycles. The van der Waals surface area contributed by atoms with Crippen LogP contribution in [-0.4, -0.2) is 11.3 Å². The maximum absolute atomic E-state index is 10.7. The van der Waals surface area contributed by atoms with E-state index in [0.29, 0.717) is 12.2 Å². The lowest BCUT2D eigenvalue weighted by Gasteiger charge is -2.12. The van der Waals surface area contributed by atoms with Crippen molar-refractivity contribution in [3.63, 3.8) is 0 Å². The Labute approximate surface area is 106 Å². The van der Waals surface area contributed by atoms with E-state index in [1.165, 1.54) is 0 Å². The molecule has 0 atom stereocenters. The molecule has 0 aliphatic carbocycles. The third kappa shape index (κ3) is 2.51. The molecule has 0 saturated carbocycles. The van der Waals surface area contributed by atoms with E-state index in [1.54, 1.807) is 12.1 Å². The van der Waals surface area contributed by atoms with Gasteiger partial charge in [0.15, 0.2) is 0 Å². The zero-order chi connectivity index (χ0) is 13.0. The molecule has 0 aliphatic heterocycles. The van der Waals surface area contributed by atoms with E-state index in [0.717, 1.165) is 16.7 Å². The first-order valence-electron chi connectivity index (χ1n) is 5.80. The minimum atomic E-state index is -1.28. The van der Waals surface area contributed by atoms with Crippen molar-refractivity contribution in [2.24, 2.45) is 0 Å². The van der Waals surface area contributed by atoms with Gasteiger partial charge in [0.1, 0.15) is 5.75 Å². The van der Waals surface area contributed by atoms with Gasteiger partial charge in [-0.2, -0.15) is 0 Å². The van der Waals surface area contributed by atoms with Gasteiger partial charge in [0.25, 0.3) is 0 Å². The summed E-state index contributed by atoms with van der Waals surface area (Å²) in [5.74, 6) is 0.409. The number of hydrogen-bond acceptors (Lipinski definition) is 2. The molecule has 0 aliphatic rings. The van der Waals surface area contributed by atoms with E-state index in [-0.39, 0.29) is 0 Å². The van der Waals surface area contributed by atoms with Crippen LogP contribution in [0.25, 0.3) is 11.1 Å². The summed E-state index contributed by atoms with van der Waals surface area (Å²) < 4.78 is 4.82. The SMILES string of the molecule is CCc1c(OC(=O)O)cccc1-c1ccccc1. The second-order valence-corrected chi connectivity index (χ2v) is 3.87. The molecule has 0 bridgehead atoms. The molecule has 3 heteroatoms. The summed E-state index contributed by atoms with van der Waals surface area (Å²) in [7, 11) is 0. The van der Waals surface area contributed by atoms with Crippen molar-refractivity contribution in [1.82, 2.24) is 0 Å².